The third kappa shape index (κ3) is 3.70. The molecule has 9 heteroatoms. The zero-order chi connectivity index (χ0) is 15.8. The molecule has 0 unspecified atom stereocenters. The second kappa shape index (κ2) is 5.77. The molecule has 2 atom stereocenters. The molecule has 2 heterocycles. The molecule has 0 spiro atoms. The molecule has 118 valence electrons. The Kier molecular flexibility index (Phi) is 4.55. The van der Waals surface area contributed by atoms with E-state index in [2.05, 4.69) is 4.98 Å². The Morgan fingerprint density at radius 1 is 1.24 bits per heavy atom. The van der Waals surface area contributed by atoms with Crippen LogP contribution >= 0.6 is 11.8 Å². The predicted octanol–water partition coefficient (Wildman–Crippen LogP) is 2.61. The summed E-state index contributed by atoms with van der Waals surface area (Å²) in [6.45, 7) is 4.54. The largest absolute Gasteiger partial charge is 0.433 e. The van der Waals surface area contributed by atoms with Gasteiger partial charge in [0, 0.05) is 29.8 Å². The number of pyridine rings is 1. The van der Waals surface area contributed by atoms with Crippen LogP contribution in [0.15, 0.2) is 23.2 Å². The van der Waals surface area contributed by atoms with Gasteiger partial charge in [0.15, 0.2) is 0 Å². The zero-order valence-corrected chi connectivity index (χ0v) is 13.1. The SMILES string of the molecule is C[C@@H]1CN(S(=O)(=O)c2ccc(C(F)(F)F)nc2)C[C@H](C)S1. The monoisotopic (exact) mass is 340 g/mol. The van der Waals surface area contributed by atoms with Crippen molar-refractivity contribution in [3.05, 3.63) is 24.0 Å². The lowest BCUT2D eigenvalue weighted by Crippen LogP contribution is -2.43. The van der Waals surface area contributed by atoms with Crippen molar-refractivity contribution in [3.63, 3.8) is 0 Å². The van der Waals surface area contributed by atoms with Crippen LogP contribution in [0.4, 0.5) is 13.2 Å². The lowest BCUT2D eigenvalue weighted by Gasteiger charge is -2.33. The van der Waals surface area contributed by atoms with Crippen molar-refractivity contribution >= 4 is 21.8 Å². The van der Waals surface area contributed by atoms with E-state index in [1.165, 1.54) is 4.31 Å². The highest BCUT2D eigenvalue weighted by atomic mass is 32.2. The Morgan fingerprint density at radius 3 is 2.24 bits per heavy atom. The van der Waals surface area contributed by atoms with Crippen LogP contribution in [-0.4, -0.2) is 41.3 Å². The van der Waals surface area contributed by atoms with Crippen LogP contribution in [0.5, 0.6) is 0 Å². The lowest BCUT2D eigenvalue weighted by atomic mass is 10.3. The van der Waals surface area contributed by atoms with Gasteiger partial charge in [-0.25, -0.2) is 8.42 Å². The number of hydrogen-bond acceptors (Lipinski definition) is 4. The van der Waals surface area contributed by atoms with Crippen molar-refractivity contribution in [2.45, 2.75) is 35.4 Å². The van der Waals surface area contributed by atoms with Gasteiger partial charge in [-0.3, -0.25) is 4.98 Å². The summed E-state index contributed by atoms with van der Waals surface area (Å²) in [6.07, 6.45) is -3.80. The second-order valence-corrected chi connectivity index (χ2v) is 8.78. The second-order valence-electron chi connectivity index (χ2n) is 4.96. The number of halogens is 3. The van der Waals surface area contributed by atoms with E-state index < -0.39 is 21.9 Å². The van der Waals surface area contributed by atoms with E-state index in [0.29, 0.717) is 19.2 Å². The molecule has 0 bridgehead atoms. The van der Waals surface area contributed by atoms with Gasteiger partial charge in [-0.15, -0.1) is 0 Å². The molecular weight excluding hydrogens is 325 g/mol. The van der Waals surface area contributed by atoms with Gasteiger partial charge in [0.05, 0.1) is 0 Å². The molecule has 1 aliphatic heterocycles. The minimum absolute atomic E-state index is 0.144. The number of sulfonamides is 1. The summed E-state index contributed by atoms with van der Waals surface area (Å²) < 4.78 is 63.5. The van der Waals surface area contributed by atoms with Crippen molar-refractivity contribution in [1.29, 1.82) is 0 Å². The molecule has 0 amide bonds. The normalized spacial score (nSPS) is 25.0. The minimum atomic E-state index is -4.58. The van der Waals surface area contributed by atoms with E-state index in [0.717, 1.165) is 12.3 Å². The first-order valence-corrected chi connectivity index (χ1v) is 8.68. The maximum atomic E-state index is 12.4. The summed E-state index contributed by atoms with van der Waals surface area (Å²) >= 11 is 1.69. The Hall–Kier alpha value is -0.800. The summed E-state index contributed by atoms with van der Waals surface area (Å²) in [4.78, 5) is 3.01. The van der Waals surface area contributed by atoms with Crippen molar-refractivity contribution in [2.75, 3.05) is 13.1 Å². The van der Waals surface area contributed by atoms with Crippen LogP contribution in [-0.2, 0) is 16.2 Å². The highest BCUT2D eigenvalue weighted by Crippen LogP contribution is 2.30. The average Bonchev–Trinajstić information content (AvgIpc) is 2.36. The molecule has 0 radical (unpaired) electrons. The van der Waals surface area contributed by atoms with Gasteiger partial charge in [0.1, 0.15) is 10.6 Å². The number of aromatic nitrogens is 1. The van der Waals surface area contributed by atoms with Crippen LogP contribution < -0.4 is 0 Å². The van der Waals surface area contributed by atoms with Crippen molar-refractivity contribution in [1.82, 2.24) is 9.29 Å². The minimum Gasteiger partial charge on any atom is -0.250 e. The Bertz CT molecular complexity index is 592. The predicted molar refractivity (Wildman–Crippen MR) is 74.5 cm³/mol. The Morgan fingerprint density at radius 2 is 1.81 bits per heavy atom. The third-order valence-corrected chi connectivity index (χ3v) is 6.09. The zero-order valence-electron chi connectivity index (χ0n) is 11.5. The van der Waals surface area contributed by atoms with Crippen LogP contribution in [0.25, 0.3) is 0 Å². The first kappa shape index (κ1) is 16.6. The van der Waals surface area contributed by atoms with Crippen molar-refractivity contribution in [2.24, 2.45) is 0 Å². The molecule has 1 aromatic rings. The fourth-order valence-electron chi connectivity index (χ4n) is 2.18. The molecular formula is C12H15F3N2O2S2. The Labute approximate surface area is 125 Å². The molecule has 0 saturated carbocycles. The van der Waals surface area contributed by atoms with Crippen LogP contribution in [0.1, 0.15) is 19.5 Å². The standard InChI is InChI=1S/C12H15F3N2O2S2/c1-8-6-17(7-9(2)20-8)21(18,19)10-3-4-11(16-5-10)12(13,14)15/h3-5,8-9H,6-7H2,1-2H3/t8-,9+. The van der Waals surface area contributed by atoms with E-state index in [4.69, 9.17) is 0 Å². The van der Waals surface area contributed by atoms with Gasteiger partial charge < -0.3 is 0 Å². The van der Waals surface area contributed by atoms with Crippen LogP contribution in [0, 0.1) is 0 Å². The summed E-state index contributed by atoms with van der Waals surface area (Å²) in [6, 6.07) is 1.65. The fourth-order valence-corrected chi connectivity index (χ4v) is 5.25. The summed E-state index contributed by atoms with van der Waals surface area (Å²) in [5, 5.41) is 0.289. The van der Waals surface area contributed by atoms with E-state index >= 15 is 0 Å². The maximum absolute atomic E-state index is 12.4. The number of hydrogen-bond donors (Lipinski definition) is 0. The highest BCUT2D eigenvalue weighted by molar-refractivity contribution is 8.00. The van der Waals surface area contributed by atoms with Crippen LogP contribution in [0.2, 0.25) is 0 Å². The summed E-state index contributed by atoms with van der Waals surface area (Å²) in [5.41, 5.74) is -1.10. The Balaban J connectivity index is 2.27. The van der Waals surface area contributed by atoms with Gasteiger partial charge in [-0.1, -0.05) is 13.8 Å². The van der Waals surface area contributed by atoms with E-state index in [1.807, 2.05) is 13.8 Å². The maximum Gasteiger partial charge on any atom is 0.433 e. The average molecular weight is 340 g/mol. The first-order valence-electron chi connectivity index (χ1n) is 6.29. The van der Waals surface area contributed by atoms with Crippen LogP contribution in [0.3, 0.4) is 0 Å². The first-order chi connectivity index (χ1) is 9.60. The molecule has 2 rings (SSSR count). The summed E-state index contributed by atoms with van der Waals surface area (Å²) in [5.74, 6) is 0. The van der Waals surface area contributed by atoms with Gasteiger partial charge in [0.25, 0.3) is 0 Å². The molecule has 1 saturated heterocycles. The molecule has 21 heavy (non-hydrogen) atoms. The van der Waals surface area contributed by atoms with Gasteiger partial charge in [-0.05, 0) is 12.1 Å². The van der Waals surface area contributed by atoms with E-state index in [9.17, 15) is 21.6 Å². The molecule has 0 N–H and O–H groups in total. The molecule has 1 aromatic heterocycles. The van der Waals surface area contributed by atoms with E-state index in [1.54, 1.807) is 11.8 Å². The molecule has 4 nitrogen and oxygen atoms in total. The number of alkyl halides is 3. The third-order valence-electron chi connectivity index (χ3n) is 3.05. The molecule has 1 fully saturated rings. The van der Waals surface area contributed by atoms with E-state index in [-0.39, 0.29) is 15.4 Å². The number of nitrogens with zero attached hydrogens (tertiary/aromatic N) is 2. The number of thioether (sulfide) groups is 1. The lowest BCUT2D eigenvalue weighted by molar-refractivity contribution is -0.141. The quantitative estimate of drug-likeness (QED) is 0.830. The molecule has 0 aromatic carbocycles. The molecule has 0 aliphatic carbocycles. The topological polar surface area (TPSA) is 50.3 Å². The number of rotatable bonds is 2. The van der Waals surface area contributed by atoms with Gasteiger partial charge in [-0.2, -0.15) is 29.2 Å². The van der Waals surface area contributed by atoms with Gasteiger partial charge in [0.2, 0.25) is 10.0 Å². The van der Waals surface area contributed by atoms with Crippen molar-refractivity contribution in [3.8, 4) is 0 Å². The van der Waals surface area contributed by atoms with Gasteiger partial charge >= 0.3 is 6.18 Å². The highest BCUT2D eigenvalue weighted by Gasteiger charge is 2.35. The smallest absolute Gasteiger partial charge is 0.250 e. The van der Waals surface area contributed by atoms with Crippen molar-refractivity contribution < 1.29 is 21.6 Å². The fraction of sp³-hybridized carbons (Fsp3) is 0.583. The summed E-state index contributed by atoms with van der Waals surface area (Å²) in [7, 11) is -3.80. The molecule has 1 aliphatic rings.